The number of carboxylic acids is 1. The number of aliphatic carboxylic acids is 1. The third-order valence-corrected chi connectivity index (χ3v) is 4.72. The zero-order valence-electron chi connectivity index (χ0n) is 13.8. The number of hydrogen-bond acceptors (Lipinski definition) is 4. The molecule has 126 valence electrons. The van der Waals surface area contributed by atoms with Crippen LogP contribution in [0.3, 0.4) is 0 Å². The molecule has 1 unspecified atom stereocenters. The van der Waals surface area contributed by atoms with Gasteiger partial charge in [-0.3, -0.25) is 9.69 Å². The van der Waals surface area contributed by atoms with Crippen molar-refractivity contribution < 1.29 is 9.90 Å². The fourth-order valence-corrected chi connectivity index (χ4v) is 3.16. The summed E-state index contributed by atoms with van der Waals surface area (Å²) in [6.07, 6.45) is 0.663. The Morgan fingerprint density at radius 1 is 1.33 bits per heavy atom. The standard InChI is InChI=1S/C18H20ClN3O2/c1-12-9-15(10-22-8-7-18(2,11-22)17(23)24)21-16(20-12)13-3-5-14(19)6-4-13/h3-6,9H,7-8,10-11H2,1-2H3,(H,23,24). The Balaban J connectivity index is 1.80. The average molecular weight is 346 g/mol. The number of benzene rings is 1. The fraction of sp³-hybridized carbons (Fsp3) is 0.389. The Hall–Kier alpha value is -1.98. The van der Waals surface area contributed by atoms with Gasteiger partial charge in [-0.25, -0.2) is 9.97 Å². The van der Waals surface area contributed by atoms with Gasteiger partial charge in [-0.05, 0) is 57.1 Å². The van der Waals surface area contributed by atoms with Gasteiger partial charge in [0.05, 0.1) is 11.1 Å². The maximum atomic E-state index is 11.4. The predicted octanol–water partition coefficient (Wildman–Crippen LogP) is 3.40. The molecule has 1 fully saturated rings. The third kappa shape index (κ3) is 3.57. The fourth-order valence-electron chi connectivity index (χ4n) is 3.04. The molecule has 0 radical (unpaired) electrons. The van der Waals surface area contributed by atoms with Crippen molar-refractivity contribution in [1.29, 1.82) is 0 Å². The van der Waals surface area contributed by atoms with Crippen LogP contribution in [0.4, 0.5) is 0 Å². The number of aromatic nitrogens is 2. The van der Waals surface area contributed by atoms with Gasteiger partial charge in [0.15, 0.2) is 5.82 Å². The summed E-state index contributed by atoms with van der Waals surface area (Å²) >= 11 is 5.93. The van der Waals surface area contributed by atoms with E-state index in [1.165, 1.54) is 0 Å². The lowest BCUT2D eigenvalue weighted by Gasteiger charge is -2.20. The maximum absolute atomic E-state index is 11.4. The van der Waals surface area contributed by atoms with Crippen molar-refractivity contribution in [3.05, 3.63) is 46.7 Å². The average Bonchev–Trinajstić information content (AvgIpc) is 2.90. The molecule has 1 atom stereocenters. The Morgan fingerprint density at radius 3 is 2.67 bits per heavy atom. The van der Waals surface area contributed by atoms with Crippen LogP contribution in [0.2, 0.25) is 5.02 Å². The summed E-state index contributed by atoms with van der Waals surface area (Å²) in [5.74, 6) is -0.0624. The van der Waals surface area contributed by atoms with Gasteiger partial charge < -0.3 is 5.11 Å². The second kappa shape index (κ2) is 6.49. The van der Waals surface area contributed by atoms with E-state index in [2.05, 4.69) is 14.9 Å². The topological polar surface area (TPSA) is 66.3 Å². The molecule has 0 saturated carbocycles. The first-order chi connectivity index (χ1) is 11.4. The maximum Gasteiger partial charge on any atom is 0.310 e. The molecule has 2 heterocycles. The van der Waals surface area contributed by atoms with Gasteiger partial charge in [-0.15, -0.1) is 0 Å². The van der Waals surface area contributed by atoms with Crippen LogP contribution in [0.1, 0.15) is 24.7 Å². The van der Waals surface area contributed by atoms with Gasteiger partial charge in [-0.1, -0.05) is 11.6 Å². The number of aryl methyl sites for hydroxylation is 1. The lowest BCUT2D eigenvalue weighted by molar-refractivity contribution is -0.147. The van der Waals surface area contributed by atoms with Gasteiger partial charge in [0.1, 0.15) is 0 Å². The van der Waals surface area contributed by atoms with Gasteiger partial charge in [0.25, 0.3) is 0 Å². The molecule has 1 aromatic heterocycles. The summed E-state index contributed by atoms with van der Waals surface area (Å²) in [6.45, 7) is 5.69. The monoisotopic (exact) mass is 345 g/mol. The lowest BCUT2D eigenvalue weighted by Crippen LogP contribution is -2.31. The van der Waals surface area contributed by atoms with Crippen molar-refractivity contribution >= 4 is 17.6 Å². The Morgan fingerprint density at radius 2 is 2.04 bits per heavy atom. The number of nitrogens with zero attached hydrogens (tertiary/aromatic N) is 3. The summed E-state index contributed by atoms with van der Waals surface area (Å²) in [4.78, 5) is 22.7. The molecule has 1 aliphatic rings. The van der Waals surface area contributed by atoms with Crippen LogP contribution in [-0.4, -0.2) is 39.0 Å². The van der Waals surface area contributed by atoms with Crippen molar-refractivity contribution in [3.63, 3.8) is 0 Å². The highest BCUT2D eigenvalue weighted by molar-refractivity contribution is 6.30. The molecule has 0 aliphatic carbocycles. The molecule has 5 nitrogen and oxygen atoms in total. The van der Waals surface area contributed by atoms with E-state index in [-0.39, 0.29) is 0 Å². The van der Waals surface area contributed by atoms with Gasteiger partial charge >= 0.3 is 5.97 Å². The number of halogens is 1. The normalized spacial score (nSPS) is 21.1. The Bertz CT molecular complexity index is 763. The van der Waals surface area contributed by atoms with Crippen LogP contribution in [0.5, 0.6) is 0 Å². The summed E-state index contributed by atoms with van der Waals surface area (Å²) in [6, 6.07) is 9.40. The van der Waals surface area contributed by atoms with Crippen LogP contribution in [-0.2, 0) is 11.3 Å². The number of carbonyl (C=O) groups is 1. The van der Waals surface area contributed by atoms with Crippen molar-refractivity contribution in [2.24, 2.45) is 5.41 Å². The zero-order valence-corrected chi connectivity index (χ0v) is 14.5. The van der Waals surface area contributed by atoms with E-state index >= 15 is 0 Å². The molecule has 0 spiro atoms. The molecular weight excluding hydrogens is 326 g/mol. The summed E-state index contributed by atoms with van der Waals surface area (Å²) in [5, 5.41) is 10.0. The highest BCUT2D eigenvalue weighted by atomic mass is 35.5. The lowest BCUT2D eigenvalue weighted by atomic mass is 9.90. The van der Waals surface area contributed by atoms with Gasteiger partial charge in [0.2, 0.25) is 0 Å². The SMILES string of the molecule is Cc1cc(CN2CCC(C)(C(=O)O)C2)nc(-c2ccc(Cl)cc2)n1. The van der Waals surface area contributed by atoms with Crippen LogP contribution >= 0.6 is 11.6 Å². The van der Waals surface area contributed by atoms with Crippen LogP contribution in [0.25, 0.3) is 11.4 Å². The van der Waals surface area contributed by atoms with Crippen LogP contribution in [0, 0.1) is 12.3 Å². The largest absolute Gasteiger partial charge is 0.481 e. The van der Waals surface area contributed by atoms with Crippen molar-refractivity contribution in [2.45, 2.75) is 26.8 Å². The molecule has 0 amide bonds. The van der Waals surface area contributed by atoms with Crippen molar-refractivity contribution in [1.82, 2.24) is 14.9 Å². The molecule has 1 aromatic carbocycles. The quantitative estimate of drug-likeness (QED) is 0.919. The second-order valence-electron chi connectivity index (χ2n) is 6.66. The van der Waals surface area contributed by atoms with Gasteiger partial charge in [0, 0.05) is 29.4 Å². The Labute approximate surface area is 146 Å². The minimum atomic E-state index is -0.731. The van der Waals surface area contributed by atoms with E-state index in [1.807, 2.05) is 37.3 Å². The van der Waals surface area contributed by atoms with E-state index < -0.39 is 11.4 Å². The highest BCUT2D eigenvalue weighted by Gasteiger charge is 2.40. The molecule has 0 bridgehead atoms. The number of rotatable bonds is 4. The first-order valence-electron chi connectivity index (χ1n) is 7.92. The van der Waals surface area contributed by atoms with Crippen LogP contribution in [0.15, 0.2) is 30.3 Å². The van der Waals surface area contributed by atoms with E-state index in [0.29, 0.717) is 30.4 Å². The zero-order chi connectivity index (χ0) is 17.3. The number of likely N-dealkylation sites (tertiary alicyclic amines) is 1. The van der Waals surface area contributed by atoms with E-state index in [1.54, 1.807) is 6.92 Å². The molecule has 2 aromatic rings. The number of carboxylic acid groups (broad SMARTS) is 1. The molecule has 1 saturated heterocycles. The van der Waals surface area contributed by atoms with E-state index in [4.69, 9.17) is 11.6 Å². The predicted molar refractivity (Wildman–Crippen MR) is 92.9 cm³/mol. The highest BCUT2D eigenvalue weighted by Crippen LogP contribution is 2.31. The molecule has 6 heteroatoms. The van der Waals surface area contributed by atoms with Crippen molar-refractivity contribution in [2.75, 3.05) is 13.1 Å². The minimum Gasteiger partial charge on any atom is -0.481 e. The summed E-state index contributed by atoms with van der Waals surface area (Å²) < 4.78 is 0. The second-order valence-corrected chi connectivity index (χ2v) is 7.09. The molecule has 1 N–H and O–H groups in total. The molecule has 24 heavy (non-hydrogen) atoms. The smallest absolute Gasteiger partial charge is 0.310 e. The Kier molecular flexibility index (Phi) is 4.56. The van der Waals surface area contributed by atoms with E-state index in [0.717, 1.165) is 23.5 Å². The van der Waals surface area contributed by atoms with E-state index in [9.17, 15) is 9.90 Å². The number of hydrogen-bond donors (Lipinski definition) is 1. The summed E-state index contributed by atoms with van der Waals surface area (Å²) in [5.41, 5.74) is 2.05. The minimum absolute atomic E-state index is 0.543. The first kappa shape index (κ1) is 16.9. The van der Waals surface area contributed by atoms with Gasteiger partial charge in [-0.2, -0.15) is 0 Å². The molecular formula is C18H20ClN3O2. The third-order valence-electron chi connectivity index (χ3n) is 4.46. The summed E-state index contributed by atoms with van der Waals surface area (Å²) in [7, 11) is 0. The van der Waals surface area contributed by atoms with Crippen LogP contribution < -0.4 is 0 Å². The molecule has 1 aliphatic heterocycles. The molecule has 3 rings (SSSR count). The van der Waals surface area contributed by atoms with Crippen molar-refractivity contribution in [3.8, 4) is 11.4 Å². The first-order valence-corrected chi connectivity index (χ1v) is 8.30.